The molecule has 3 aromatic rings. The lowest BCUT2D eigenvalue weighted by molar-refractivity contribution is 0.190. The van der Waals surface area contributed by atoms with E-state index < -0.39 is 12.2 Å². The van der Waals surface area contributed by atoms with Crippen molar-refractivity contribution in [2.24, 2.45) is 0 Å². The van der Waals surface area contributed by atoms with E-state index in [4.69, 9.17) is 14.2 Å². The molecule has 1 aromatic heterocycles. The summed E-state index contributed by atoms with van der Waals surface area (Å²) >= 11 is 0. The molecule has 33 heavy (non-hydrogen) atoms. The summed E-state index contributed by atoms with van der Waals surface area (Å²) in [6, 6.07) is 19.9. The highest BCUT2D eigenvalue weighted by atomic mass is 16.6. The van der Waals surface area contributed by atoms with E-state index in [1.54, 1.807) is 67.8 Å². The number of rotatable bonds is 7. The minimum Gasteiger partial charge on any atom is -0.410 e. The molecule has 0 aliphatic heterocycles. The van der Waals surface area contributed by atoms with Crippen LogP contribution < -0.4 is 19.7 Å². The quantitative estimate of drug-likeness (QED) is 0.560. The highest BCUT2D eigenvalue weighted by Gasteiger charge is 2.30. The molecule has 1 N–H and O–H groups in total. The second-order valence-corrected chi connectivity index (χ2v) is 6.90. The van der Waals surface area contributed by atoms with Gasteiger partial charge < -0.3 is 19.5 Å². The van der Waals surface area contributed by atoms with Gasteiger partial charge in [-0.25, -0.2) is 14.6 Å². The third-order valence-corrected chi connectivity index (χ3v) is 4.32. The molecule has 1 atom stereocenters. The first-order valence-corrected chi connectivity index (χ1v) is 10.0. The molecular weight excluding hydrogens is 424 g/mol. The van der Waals surface area contributed by atoms with Gasteiger partial charge in [0.15, 0.2) is 5.82 Å². The van der Waals surface area contributed by atoms with Crippen molar-refractivity contribution in [1.29, 1.82) is 5.26 Å². The van der Waals surface area contributed by atoms with Crippen molar-refractivity contribution in [3.63, 3.8) is 0 Å². The molecule has 0 aliphatic rings. The second-order valence-electron chi connectivity index (χ2n) is 6.90. The zero-order chi connectivity index (χ0) is 23.6. The molecule has 9 nitrogen and oxygen atoms in total. The Kier molecular flexibility index (Phi) is 7.94. The van der Waals surface area contributed by atoms with Gasteiger partial charge in [-0.1, -0.05) is 36.4 Å². The van der Waals surface area contributed by atoms with Crippen molar-refractivity contribution in [3.8, 4) is 17.6 Å². The Labute approximate surface area is 191 Å². The first-order valence-electron chi connectivity index (χ1n) is 10.0. The third kappa shape index (κ3) is 6.29. The number of carbonyl (C=O) groups is 2. The van der Waals surface area contributed by atoms with Crippen LogP contribution in [0.15, 0.2) is 72.9 Å². The topological polar surface area (TPSA) is 114 Å². The molecule has 1 heterocycles. The average molecular weight is 446 g/mol. The summed E-state index contributed by atoms with van der Waals surface area (Å²) in [5, 5.41) is 12.6. The summed E-state index contributed by atoms with van der Waals surface area (Å²) in [6.07, 6.45) is -0.777. The normalized spacial score (nSPS) is 11.1. The summed E-state index contributed by atoms with van der Waals surface area (Å²) in [5.41, 5.74) is 0.603. The Morgan fingerprint density at radius 2 is 1.58 bits per heavy atom. The smallest absolute Gasteiger partial charge is 0.410 e. The van der Waals surface area contributed by atoms with Crippen LogP contribution in [0.1, 0.15) is 12.5 Å². The van der Waals surface area contributed by atoms with Gasteiger partial charge in [0, 0.05) is 25.4 Å². The Bertz CT molecular complexity index is 1080. The van der Waals surface area contributed by atoms with E-state index in [1.807, 2.05) is 13.0 Å². The van der Waals surface area contributed by atoms with Crippen LogP contribution in [-0.2, 0) is 4.74 Å². The fraction of sp³-hybridized carbons (Fsp3) is 0.167. The van der Waals surface area contributed by atoms with Crippen LogP contribution in [0.25, 0.3) is 0 Å². The Morgan fingerprint density at radius 3 is 2.06 bits per heavy atom. The predicted molar refractivity (Wildman–Crippen MR) is 121 cm³/mol. The maximum atomic E-state index is 13.0. The second kappa shape index (κ2) is 11.3. The molecule has 0 saturated carbocycles. The first-order chi connectivity index (χ1) is 16.0. The summed E-state index contributed by atoms with van der Waals surface area (Å²) in [4.78, 5) is 30.8. The number of anilines is 2. The Morgan fingerprint density at radius 1 is 1.03 bits per heavy atom. The molecule has 0 bridgehead atoms. The van der Waals surface area contributed by atoms with E-state index in [2.05, 4.69) is 10.3 Å². The fourth-order valence-corrected chi connectivity index (χ4v) is 2.86. The number of para-hydroxylation sites is 2. The van der Waals surface area contributed by atoms with E-state index >= 15 is 0 Å². The molecular formula is C24H22N4O5. The molecule has 0 spiro atoms. The van der Waals surface area contributed by atoms with Crippen LogP contribution in [0.2, 0.25) is 0 Å². The maximum absolute atomic E-state index is 13.0. The van der Waals surface area contributed by atoms with Crippen LogP contribution in [0, 0.1) is 11.3 Å². The molecule has 2 amide bonds. The number of benzene rings is 2. The lowest BCUT2D eigenvalue weighted by atomic mass is 10.2. The largest absolute Gasteiger partial charge is 0.430 e. The summed E-state index contributed by atoms with van der Waals surface area (Å²) in [6.45, 7) is 2.23. The minimum absolute atomic E-state index is 0.0806. The van der Waals surface area contributed by atoms with E-state index in [0.717, 1.165) is 0 Å². The molecule has 168 valence electrons. The number of imide groups is 1. The van der Waals surface area contributed by atoms with E-state index in [0.29, 0.717) is 17.2 Å². The number of aromatic nitrogens is 1. The molecule has 0 saturated heterocycles. The number of hydrogen-bond donors (Lipinski definition) is 1. The SMILES string of the molecule is COC[C@@H](C)Nc1cc(N(C(=O)Oc2ccccc2)C(=O)Oc2ccccc2)ncc1C#N. The van der Waals surface area contributed by atoms with Gasteiger partial charge in [-0.2, -0.15) is 10.2 Å². The maximum Gasteiger partial charge on any atom is 0.430 e. The third-order valence-electron chi connectivity index (χ3n) is 4.32. The van der Waals surface area contributed by atoms with Crippen molar-refractivity contribution in [1.82, 2.24) is 4.98 Å². The highest BCUT2D eigenvalue weighted by molar-refractivity contribution is 6.10. The highest BCUT2D eigenvalue weighted by Crippen LogP contribution is 2.24. The molecule has 9 heteroatoms. The minimum atomic E-state index is -1.02. The van der Waals surface area contributed by atoms with Crippen molar-refractivity contribution >= 4 is 23.7 Å². The monoisotopic (exact) mass is 446 g/mol. The molecule has 0 unspecified atom stereocenters. The number of carbonyl (C=O) groups excluding carboxylic acids is 2. The van der Waals surface area contributed by atoms with Crippen molar-refractivity contribution in [2.45, 2.75) is 13.0 Å². The number of nitrogens with one attached hydrogen (secondary N) is 1. The van der Waals surface area contributed by atoms with Crippen LogP contribution in [0.3, 0.4) is 0 Å². The van der Waals surface area contributed by atoms with Crippen LogP contribution in [0.4, 0.5) is 21.1 Å². The van der Waals surface area contributed by atoms with Gasteiger partial charge in [0.1, 0.15) is 17.6 Å². The van der Waals surface area contributed by atoms with Gasteiger partial charge in [-0.05, 0) is 31.2 Å². The van der Waals surface area contributed by atoms with Gasteiger partial charge >= 0.3 is 12.2 Å². The van der Waals surface area contributed by atoms with Crippen molar-refractivity contribution in [2.75, 3.05) is 23.9 Å². The number of pyridine rings is 1. The predicted octanol–water partition coefficient (Wildman–Crippen LogP) is 4.60. The molecule has 0 radical (unpaired) electrons. The number of nitriles is 1. The number of nitrogens with zero attached hydrogens (tertiary/aromatic N) is 3. The standard InChI is InChI=1S/C24H22N4O5/c1-17(16-31-2)27-21-13-22(26-15-18(21)14-25)28(23(29)32-19-9-5-3-6-10-19)24(30)33-20-11-7-4-8-12-20/h3-13,15,17H,16H2,1-2H3,(H,26,27)/t17-/m1/s1. The van der Waals surface area contributed by atoms with E-state index in [1.165, 1.54) is 12.3 Å². The zero-order valence-corrected chi connectivity index (χ0v) is 18.1. The first kappa shape index (κ1) is 23.2. The van der Waals surface area contributed by atoms with Gasteiger partial charge in [-0.3, -0.25) is 0 Å². The van der Waals surface area contributed by atoms with Crippen molar-refractivity contribution < 1.29 is 23.8 Å². The van der Waals surface area contributed by atoms with Gasteiger partial charge in [0.25, 0.3) is 0 Å². The number of ether oxygens (including phenoxy) is 3. The molecule has 3 rings (SSSR count). The van der Waals surface area contributed by atoms with E-state index in [-0.39, 0.29) is 28.9 Å². The Hall–Kier alpha value is -4.42. The van der Waals surface area contributed by atoms with Crippen LogP contribution >= 0.6 is 0 Å². The Balaban J connectivity index is 1.96. The number of hydrogen-bond acceptors (Lipinski definition) is 8. The molecule has 0 aliphatic carbocycles. The average Bonchev–Trinajstić information content (AvgIpc) is 2.81. The van der Waals surface area contributed by atoms with Crippen LogP contribution in [0.5, 0.6) is 11.5 Å². The number of amides is 2. The van der Waals surface area contributed by atoms with Crippen molar-refractivity contribution in [3.05, 3.63) is 78.5 Å². The fourth-order valence-electron chi connectivity index (χ4n) is 2.86. The zero-order valence-electron chi connectivity index (χ0n) is 18.1. The van der Waals surface area contributed by atoms with Gasteiger partial charge in [0.05, 0.1) is 17.9 Å². The molecule has 2 aromatic carbocycles. The summed E-state index contributed by atoms with van der Waals surface area (Å²) in [7, 11) is 1.56. The lowest BCUT2D eigenvalue weighted by Gasteiger charge is -2.21. The van der Waals surface area contributed by atoms with Gasteiger partial charge in [0.2, 0.25) is 0 Å². The summed E-state index contributed by atoms with van der Waals surface area (Å²) < 4.78 is 15.8. The lowest BCUT2D eigenvalue weighted by Crippen LogP contribution is -2.41. The number of methoxy groups -OCH3 is 1. The summed E-state index contributed by atoms with van der Waals surface area (Å²) in [5.74, 6) is 0.393. The molecule has 0 fully saturated rings. The van der Waals surface area contributed by atoms with Gasteiger partial charge in [-0.15, -0.1) is 0 Å². The van der Waals surface area contributed by atoms with E-state index in [9.17, 15) is 14.9 Å². The van der Waals surface area contributed by atoms with Crippen LogP contribution in [-0.4, -0.2) is 36.9 Å².